The molecule has 0 aromatic carbocycles. The molecule has 0 amide bonds. The SMILES string of the molecule is CN(Cc1csc(Br)c1)Cc1csc(N)n1. The molecule has 0 atom stereocenters. The molecule has 0 saturated carbocycles. The van der Waals surface area contributed by atoms with Crippen molar-refractivity contribution in [2.75, 3.05) is 12.8 Å². The van der Waals surface area contributed by atoms with Gasteiger partial charge in [0.1, 0.15) is 0 Å². The number of hydrogen-bond acceptors (Lipinski definition) is 5. The van der Waals surface area contributed by atoms with Gasteiger partial charge in [-0.1, -0.05) is 0 Å². The molecule has 0 aliphatic heterocycles. The molecule has 0 radical (unpaired) electrons. The maximum Gasteiger partial charge on any atom is 0.180 e. The number of nitrogens with two attached hydrogens (primary N) is 1. The number of rotatable bonds is 4. The lowest BCUT2D eigenvalue weighted by molar-refractivity contribution is 0.316. The Morgan fingerprint density at radius 2 is 2.19 bits per heavy atom. The third kappa shape index (κ3) is 3.28. The predicted octanol–water partition coefficient (Wildman–Crippen LogP) is 3.18. The van der Waals surface area contributed by atoms with Gasteiger partial charge in [0.05, 0.1) is 9.48 Å². The Bertz CT molecular complexity index is 424. The number of nitrogen functional groups attached to an aromatic ring is 1. The van der Waals surface area contributed by atoms with E-state index in [9.17, 15) is 0 Å². The molecule has 0 spiro atoms. The van der Waals surface area contributed by atoms with Crippen LogP contribution >= 0.6 is 38.6 Å². The summed E-state index contributed by atoms with van der Waals surface area (Å²) in [5.74, 6) is 0. The summed E-state index contributed by atoms with van der Waals surface area (Å²) in [6.45, 7) is 1.76. The molecular formula is C10H12BrN3S2. The molecule has 0 aliphatic rings. The zero-order valence-electron chi connectivity index (χ0n) is 8.81. The molecule has 0 saturated heterocycles. The summed E-state index contributed by atoms with van der Waals surface area (Å²) >= 11 is 6.67. The largest absolute Gasteiger partial charge is 0.375 e. The molecule has 2 heterocycles. The van der Waals surface area contributed by atoms with E-state index in [0.29, 0.717) is 5.13 Å². The predicted molar refractivity (Wildman–Crippen MR) is 73.7 cm³/mol. The van der Waals surface area contributed by atoms with Crippen LogP contribution in [-0.4, -0.2) is 16.9 Å². The van der Waals surface area contributed by atoms with Crippen molar-refractivity contribution >= 4 is 43.7 Å². The highest BCUT2D eigenvalue weighted by atomic mass is 79.9. The van der Waals surface area contributed by atoms with E-state index in [1.807, 2.05) is 5.38 Å². The Morgan fingerprint density at radius 3 is 2.75 bits per heavy atom. The standard InChI is InChI=1S/C10H12BrN3S2/c1-14(3-7-2-9(11)15-5-7)4-8-6-16-10(12)13-8/h2,5-6H,3-4H2,1H3,(H2,12,13). The van der Waals surface area contributed by atoms with Crippen molar-refractivity contribution in [3.63, 3.8) is 0 Å². The third-order valence-electron chi connectivity index (χ3n) is 2.08. The average Bonchev–Trinajstić information content (AvgIpc) is 2.76. The molecule has 0 bridgehead atoms. The number of thiophene rings is 1. The molecule has 86 valence electrons. The molecule has 2 aromatic heterocycles. The van der Waals surface area contributed by atoms with Crippen LogP contribution in [0.2, 0.25) is 0 Å². The highest BCUT2D eigenvalue weighted by Crippen LogP contribution is 2.22. The van der Waals surface area contributed by atoms with E-state index in [0.717, 1.165) is 18.8 Å². The number of aromatic nitrogens is 1. The summed E-state index contributed by atoms with van der Waals surface area (Å²) in [6.07, 6.45) is 0. The first-order valence-electron chi connectivity index (χ1n) is 4.75. The van der Waals surface area contributed by atoms with E-state index >= 15 is 0 Å². The van der Waals surface area contributed by atoms with E-state index < -0.39 is 0 Å². The summed E-state index contributed by atoms with van der Waals surface area (Å²) in [5.41, 5.74) is 7.96. The van der Waals surface area contributed by atoms with E-state index in [1.54, 1.807) is 11.3 Å². The van der Waals surface area contributed by atoms with Crippen molar-refractivity contribution in [3.05, 3.63) is 31.9 Å². The van der Waals surface area contributed by atoms with Crippen molar-refractivity contribution in [3.8, 4) is 0 Å². The Labute approximate surface area is 111 Å². The van der Waals surface area contributed by atoms with Gasteiger partial charge in [0.15, 0.2) is 5.13 Å². The summed E-state index contributed by atoms with van der Waals surface area (Å²) < 4.78 is 1.17. The van der Waals surface area contributed by atoms with Crippen molar-refractivity contribution < 1.29 is 0 Å². The first-order chi connectivity index (χ1) is 7.63. The van der Waals surface area contributed by atoms with Crippen molar-refractivity contribution in [1.82, 2.24) is 9.88 Å². The second kappa shape index (κ2) is 5.27. The van der Waals surface area contributed by atoms with Gasteiger partial charge in [0, 0.05) is 18.5 Å². The summed E-state index contributed by atoms with van der Waals surface area (Å²) in [5, 5.41) is 4.81. The van der Waals surface area contributed by atoms with E-state index in [4.69, 9.17) is 5.73 Å². The summed E-state index contributed by atoms with van der Waals surface area (Å²) in [7, 11) is 2.08. The monoisotopic (exact) mass is 317 g/mol. The van der Waals surface area contributed by atoms with Gasteiger partial charge in [-0.3, -0.25) is 4.90 Å². The Hall–Kier alpha value is -0.430. The first-order valence-corrected chi connectivity index (χ1v) is 7.30. The van der Waals surface area contributed by atoms with Crippen LogP contribution in [0.5, 0.6) is 0 Å². The van der Waals surface area contributed by atoms with Gasteiger partial charge >= 0.3 is 0 Å². The quantitative estimate of drug-likeness (QED) is 0.941. The highest BCUT2D eigenvalue weighted by molar-refractivity contribution is 9.11. The van der Waals surface area contributed by atoms with Gasteiger partial charge in [0.25, 0.3) is 0 Å². The minimum Gasteiger partial charge on any atom is -0.375 e. The average molecular weight is 318 g/mol. The fourth-order valence-corrected chi connectivity index (χ4v) is 3.22. The molecule has 16 heavy (non-hydrogen) atoms. The lowest BCUT2D eigenvalue weighted by Gasteiger charge is -2.13. The lowest BCUT2D eigenvalue weighted by atomic mass is 10.3. The van der Waals surface area contributed by atoms with Gasteiger partial charge in [-0.25, -0.2) is 4.98 Å². The fourth-order valence-electron chi connectivity index (χ4n) is 1.47. The van der Waals surface area contributed by atoms with Crippen LogP contribution < -0.4 is 5.73 Å². The van der Waals surface area contributed by atoms with E-state index in [1.165, 1.54) is 20.7 Å². The molecular weight excluding hydrogens is 306 g/mol. The number of anilines is 1. The van der Waals surface area contributed by atoms with Gasteiger partial charge in [0.2, 0.25) is 0 Å². The number of thiazole rings is 1. The molecule has 6 heteroatoms. The smallest absolute Gasteiger partial charge is 0.180 e. The lowest BCUT2D eigenvalue weighted by Crippen LogP contribution is -2.17. The van der Waals surface area contributed by atoms with Crippen molar-refractivity contribution in [2.24, 2.45) is 0 Å². The minimum absolute atomic E-state index is 0.640. The third-order valence-corrected chi connectivity index (χ3v) is 4.35. The van der Waals surface area contributed by atoms with E-state index in [-0.39, 0.29) is 0 Å². The Balaban J connectivity index is 1.91. The van der Waals surface area contributed by atoms with Gasteiger partial charge in [-0.05, 0) is 40.0 Å². The summed E-state index contributed by atoms with van der Waals surface area (Å²) in [4.78, 5) is 6.47. The topological polar surface area (TPSA) is 42.1 Å². The van der Waals surface area contributed by atoms with Crippen LogP contribution in [0.15, 0.2) is 20.6 Å². The zero-order chi connectivity index (χ0) is 11.5. The second-order valence-electron chi connectivity index (χ2n) is 3.61. The first kappa shape index (κ1) is 12.0. The molecule has 2 aromatic rings. The maximum atomic E-state index is 5.59. The normalized spacial score (nSPS) is 11.2. The number of hydrogen-bond donors (Lipinski definition) is 1. The Kier molecular flexibility index (Phi) is 3.96. The van der Waals surface area contributed by atoms with Crippen LogP contribution in [-0.2, 0) is 13.1 Å². The molecule has 2 N–H and O–H groups in total. The number of halogens is 1. The molecule has 0 unspecified atom stereocenters. The van der Waals surface area contributed by atoms with Gasteiger partial charge in [-0.15, -0.1) is 22.7 Å². The van der Waals surface area contributed by atoms with Crippen LogP contribution in [0.4, 0.5) is 5.13 Å². The summed E-state index contributed by atoms with van der Waals surface area (Å²) in [6, 6.07) is 2.15. The van der Waals surface area contributed by atoms with Gasteiger partial charge in [-0.2, -0.15) is 0 Å². The zero-order valence-corrected chi connectivity index (χ0v) is 12.0. The molecule has 3 nitrogen and oxygen atoms in total. The maximum absolute atomic E-state index is 5.59. The van der Waals surface area contributed by atoms with Crippen LogP contribution in [0, 0.1) is 0 Å². The molecule has 0 fully saturated rings. The van der Waals surface area contributed by atoms with Crippen molar-refractivity contribution in [2.45, 2.75) is 13.1 Å². The second-order valence-corrected chi connectivity index (χ2v) is 6.79. The van der Waals surface area contributed by atoms with Crippen LogP contribution in [0.25, 0.3) is 0 Å². The minimum atomic E-state index is 0.640. The fraction of sp³-hybridized carbons (Fsp3) is 0.300. The molecule has 2 rings (SSSR count). The Morgan fingerprint density at radius 1 is 1.38 bits per heavy atom. The van der Waals surface area contributed by atoms with Gasteiger partial charge < -0.3 is 5.73 Å². The van der Waals surface area contributed by atoms with Crippen LogP contribution in [0.3, 0.4) is 0 Å². The molecule has 0 aliphatic carbocycles. The van der Waals surface area contributed by atoms with Crippen molar-refractivity contribution in [1.29, 1.82) is 0 Å². The number of nitrogens with zero attached hydrogens (tertiary/aromatic N) is 2. The highest BCUT2D eigenvalue weighted by Gasteiger charge is 2.05. The van der Waals surface area contributed by atoms with E-state index in [2.05, 4.69) is 44.3 Å². The van der Waals surface area contributed by atoms with Crippen LogP contribution in [0.1, 0.15) is 11.3 Å².